The maximum atomic E-state index is 12.9. The Morgan fingerprint density at radius 3 is 1.33 bits per heavy atom. The van der Waals surface area contributed by atoms with Crippen LogP contribution in [0.3, 0.4) is 0 Å². The van der Waals surface area contributed by atoms with Crippen molar-refractivity contribution < 1.29 is 53.9 Å². The Balaban J connectivity index is 2.53. The normalized spacial score (nSPS) is 24.4. The van der Waals surface area contributed by atoms with Gasteiger partial charge in [-0.05, 0) is 12.8 Å². The molecule has 1 aliphatic rings. The van der Waals surface area contributed by atoms with E-state index in [1.165, 1.54) is 109 Å². The van der Waals surface area contributed by atoms with Crippen LogP contribution in [0.4, 0.5) is 0 Å². The van der Waals surface area contributed by atoms with Crippen LogP contribution in [0.2, 0.25) is 0 Å². The third-order valence-electron chi connectivity index (χ3n) is 10.4. The molecule has 13 heteroatoms. The maximum absolute atomic E-state index is 12.9. The van der Waals surface area contributed by atoms with Gasteiger partial charge in [-0.2, -0.15) is 0 Å². The maximum Gasteiger partial charge on any atom is 0.472 e. The van der Waals surface area contributed by atoms with Gasteiger partial charge in [0.2, 0.25) is 5.91 Å². The highest BCUT2D eigenvalue weighted by atomic mass is 31.2. The van der Waals surface area contributed by atoms with E-state index in [-0.39, 0.29) is 12.3 Å². The average molecular weight is 768 g/mol. The van der Waals surface area contributed by atoms with E-state index in [1.54, 1.807) is 0 Å². The van der Waals surface area contributed by atoms with Gasteiger partial charge in [0, 0.05) is 6.42 Å². The van der Waals surface area contributed by atoms with E-state index in [9.17, 15) is 44.9 Å². The molecule has 0 aliphatic heterocycles. The fourth-order valence-corrected chi connectivity index (χ4v) is 7.87. The first-order chi connectivity index (χ1) is 24.9. The SMILES string of the molecule is CCCCCCCCCCCCCCCC(=O)N[C@@H](COP(=O)(O)OC1C(O)C(O)C(O)[C@@H](O)C1O)[C@H](O)CCCCCCCCCCCCCC. The van der Waals surface area contributed by atoms with Crippen LogP contribution in [0.1, 0.15) is 187 Å². The van der Waals surface area contributed by atoms with Crippen molar-refractivity contribution in [3.8, 4) is 0 Å². The Morgan fingerprint density at radius 2 is 0.923 bits per heavy atom. The number of aliphatic hydroxyl groups excluding tert-OH is 6. The molecule has 310 valence electrons. The zero-order chi connectivity index (χ0) is 38.6. The Kier molecular flexibility index (Phi) is 29.0. The quantitative estimate of drug-likeness (QED) is 0.0255. The molecule has 1 rings (SSSR count). The molecular formula is C39H78NO11P. The number of phosphoric acid groups is 1. The molecule has 52 heavy (non-hydrogen) atoms. The zero-order valence-electron chi connectivity index (χ0n) is 32.6. The first-order valence-electron chi connectivity index (χ1n) is 21.0. The van der Waals surface area contributed by atoms with Gasteiger partial charge in [-0.15, -0.1) is 0 Å². The molecule has 0 aromatic heterocycles. The van der Waals surface area contributed by atoms with Crippen LogP contribution in [0.5, 0.6) is 0 Å². The Hall–Kier alpha value is -0.660. The Morgan fingerprint density at radius 1 is 0.577 bits per heavy atom. The summed E-state index contributed by atoms with van der Waals surface area (Å²) in [6.07, 6.45) is 17.1. The second kappa shape index (κ2) is 30.5. The van der Waals surface area contributed by atoms with E-state index in [0.717, 1.165) is 38.5 Å². The van der Waals surface area contributed by atoms with E-state index in [0.29, 0.717) is 19.3 Å². The number of hydrogen-bond acceptors (Lipinski definition) is 10. The summed E-state index contributed by atoms with van der Waals surface area (Å²) in [6.45, 7) is 3.86. The van der Waals surface area contributed by atoms with Crippen molar-refractivity contribution in [1.82, 2.24) is 5.32 Å². The van der Waals surface area contributed by atoms with Gasteiger partial charge in [0.05, 0.1) is 18.8 Å². The van der Waals surface area contributed by atoms with Crippen molar-refractivity contribution in [1.29, 1.82) is 0 Å². The Bertz CT molecular complexity index is 900. The fraction of sp³-hybridized carbons (Fsp3) is 0.974. The third kappa shape index (κ3) is 22.7. The van der Waals surface area contributed by atoms with Crippen LogP contribution in [-0.4, -0.2) is 96.8 Å². The molecular weight excluding hydrogens is 689 g/mol. The summed E-state index contributed by atoms with van der Waals surface area (Å²) in [5, 5.41) is 63.9. The molecule has 8 N–H and O–H groups in total. The van der Waals surface area contributed by atoms with Gasteiger partial charge in [0.15, 0.2) is 0 Å². The third-order valence-corrected chi connectivity index (χ3v) is 11.4. The fourth-order valence-electron chi connectivity index (χ4n) is 6.91. The van der Waals surface area contributed by atoms with Crippen molar-refractivity contribution >= 4 is 13.7 Å². The number of phosphoric ester groups is 1. The van der Waals surface area contributed by atoms with Gasteiger partial charge in [0.25, 0.3) is 0 Å². The van der Waals surface area contributed by atoms with E-state index >= 15 is 0 Å². The predicted octanol–water partition coefficient (Wildman–Crippen LogP) is 6.72. The standard InChI is InChI=1S/C39H78NO11P/c1-3-5-7-9-11-13-15-17-19-21-23-25-27-29-33(42)40-31(32(41)28-26-24-22-20-18-16-14-12-10-8-6-4-2)30-50-52(48,49)51-39-37(46)35(44)34(43)36(45)38(39)47/h31-32,34-39,41,43-47H,3-30H2,1-2H3,(H,40,42)(H,48,49)/t31-,32+,34?,35+,36?,37?,38?,39?/m0/s1. The van der Waals surface area contributed by atoms with E-state index in [2.05, 4.69) is 19.2 Å². The van der Waals surface area contributed by atoms with Crippen molar-refractivity contribution in [3.63, 3.8) is 0 Å². The molecule has 1 amide bonds. The highest BCUT2D eigenvalue weighted by Crippen LogP contribution is 2.47. The lowest BCUT2D eigenvalue weighted by molar-refractivity contribution is -0.220. The summed E-state index contributed by atoms with van der Waals surface area (Å²) in [4.78, 5) is 23.3. The number of rotatable bonds is 34. The van der Waals surface area contributed by atoms with E-state index in [1.807, 2.05) is 0 Å². The minimum absolute atomic E-state index is 0.241. The monoisotopic (exact) mass is 768 g/mol. The molecule has 1 aliphatic carbocycles. The van der Waals surface area contributed by atoms with Crippen LogP contribution in [0.15, 0.2) is 0 Å². The lowest BCUT2D eigenvalue weighted by atomic mass is 9.85. The van der Waals surface area contributed by atoms with E-state index < -0.39 is 63.2 Å². The molecule has 0 aromatic rings. The molecule has 12 nitrogen and oxygen atoms in total. The summed E-state index contributed by atoms with van der Waals surface area (Å²) in [6, 6.07) is -1.02. The lowest BCUT2D eigenvalue weighted by Gasteiger charge is -2.41. The molecule has 1 fully saturated rings. The van der Waals surface area contributed by atoms with Crippen molar-refractivity contribution in [2.75, 3.05) is 6.61 Å². The van der Waals surface area contributed by atoms with Crippen molar-refractivity contribution in [2.24, 2.45) is 0 Å². The average Bonchev–Trinajstić information content (AvgIpc) is 3.12. The van der Waals surface area contributed by atoms with Crippen LogP contribution in [0, 0.1) is 0 Å². The lowest BCUT2D eigenvalue weighted by Crippen LogP contribution is -2.64. The number of unbranched alkanes of at least 4 members (excludes halogenated alkanes) is 23. The summed E-state index contributed by atoms with van der Waals surface area (Å²) in [5.74, 6) is -0.308. The number of amides is 1. The second-order valence-electron chi connectivity index (χ2n) is 15.2. The molecule has 9 atom stereocenters. The summed E-state index contributed by atoms with van der Waals surface area (Å²) in [7, 11) is -5.04. The zero-order valence-corrected chi connectivity index (χ0v) is 33.5. The van der Waals surface area contributed by atoms with Crippen LogP contribution < -0.4 is 5.32 Å². The molecule has 0 radical (unpaired) electrons. The second-order valence-corrected chi connectivity index (χ2v) is 16.6. The van der Waals surface area contributed by atoms with Gasteiger partial charge in [-0.1, -0.05) is 168 Å². The van der Waals surface area contributed by atoms with Gasteiger partial charge >= 0.3 is 7.82 Å². The van der Waals surface area contributed by atoms with Crippen LogP contribution in [0.25, 0.3) is 0 Å². The molecule has 0 heterocycles. The Labute approximate surface area is 315 Å². The molecule has 1 saturated carbocycles. The number of carbonyl (C=O) groups is 1. The van der Waals surface area contributed by atoms with Crippen molar-refractivity contribution in [2.45, 2.75) is 236 Å². The van der Waals surface area contributed by atoms with Gasteiger partial charge in [-0.25, -0.2) is 4.57 Å². The first-order valence-corrected chi connectivity index (χ1v) is 22.5. The smallest absolute Gasteiger partial charge is 0.391 e. The summed E-state index contributed by atoms with van der Waals surface area (Å²) in [5.41, 5.74) is 0. The summed E-state index contributed by atoms with van der Waals surface area (Å²) >= 11 is 0. The van der Waals surface area contributed by atoms with Gasteiger partial charge in [-0.3, -0.25) is 13.8 Å². The molecule has 0 spiro atoms. The topological polar surface area (TPSA) is 206 Å². The highest BCUT2D eigenvalue weighted by molar-refractivity contribution is 7.47. The van der Waals surface area contributed by atoms with Crippen molar-refractivity contribution in [3.05, 3.63) is 0 Å². The molecule has 6 unspecified atom stereocenters. The number of aliphatic hydroxyl groups is 6. The van der Waals surface area contributed by atoms with E-state index in [4.69, 9.17) is 9.05 Å². The minimum atomic E-state index is -5.04. The van der Waals surface area contributed by atoms with Gasteiger partial charge in [0.1, 0.15) is 36.6 Å². The summed E-state index contributed by atoms with van der Waals surface area (Å²) < 4.78 is 22.9. The predicted molar refractivity (Wildman–Crippen MR) is 205 cm³/mol. The molecule has 0 saturated heterocycles. The molecule has 0 aromatic carbocycles. The largest absolute Gasteiger partial charge is 0.472 e. The number of carbonyl (C=O) groups excluding carboxylic acids is 1. The number of nitrogens with one attached hydrogen (secondary N) is 1. The van der Waals surface area contributed by atoms with Crippen LogP contribution >= 0.6 is 7.82 Å². The first kappa shape index (κ1) is 49.4. The van der Waals surface area contributed by atoms with Gasteiger partial charge < -0.3 is 40.8 Å². The number of hydrogen-bond donors (Lipinski definition) is 8. The minimum Gasteiger partial charge on any atom is -0.391 e. The molecule has 0 bridgehead atoms. The highest BCUT2D eigenvalue weighted by Gasteiger charge is 2.51. The van der Waals surface area contributed by atoms with Crippen LogP contribution in [-0.2, 0) is 18.4 Å².